The predicted molar refractivity (Wildman–Crippen MR) is 91.9 cm³/mol. The number of benzene rings is 1. The van der Waals surface area contributed by atoms with Crippen molar-refractivity contribution in [2.45, 2.75) is 56.4 Å². The average Bonchev–Trinajstić information content (AvgIpc) is 3.30. The van der Waals surface area contributed by atoms with E-state index >= 15 is 0 Å². The van der Waals surface area contributed by atoms with Crippen molar-refractivity contribution < 1.29 is 4.79 Å². The van der Waals surface area contributed by atoms with E-state index in [4.69, 9.17) is 5.73 Å². The summed E-state index contributed by atoms with van der Waals surface area (Å²) in [5.74, 6) is 1.39. The van der Waals surface area contributed by atoms with Gasteiger partial charge in [0.15, 0.2) is 0 Å². The molecule has 2 bridgehead atoms. The highest BCUT2D eigenvalue weighted by atomic mass is 16.1. The van der Waals surface area contributed by atoms with Crippen LogP contribution in [0.4, 0.5) is 0 Å². The van der Waals surface area contributed by atoms with E-state index in [0.717, 1.165) is 6.54 Å². The first-order valence-electron chi connectivity index (χ1n) is 9.28. The highest BCUT2D eigenvalue weighted by molar-refractivity contribution is 5.80. The van der Waals surface area contributed by atoms with Gasteiger partial charge in [-0.05, 0) is 49.5 Å². The lowest BCUT2D eigenvalue weighted by Crippen LogP contribution is -2.48. The minimum atomic E-state index is 0.0583. The first-order valence-corrected chi connectivity index (χ1v) is 9.28. The number of nitrogens with one attached hydrogen (secondary N) is 1. The maximum Gasteiger partial charge on any atom is 0.224 e. The second kappa shape index (κ2) is 5.94. The summed E-state index contributed by atoms with van der Waals surface area (Å²) in [5.41, 5.74) is 7.85. The molecule has 3 aliphatic carbocycles. The third kappa shape index (κ3) is 2.59. The number of hydrogen-bond donors (Lipinski definition) is 2. The Morgan fingerprint density at radius 1 is 1.13 bits per heavy atom. The van der Waals surface area contributed by atoms with Gasteiger partial charge in [-0.15, -0.1) is 0 Å². The van der Waals surface area contributed by atoms with Crippen molar-refractivity contribution in [1.29, 1.82) is 0 Å². The van der Waals surface area contributed by atoms with Gasteiger partial charge >= 0.3 is 0 Å². The summed E-state index contributed by atoms with van der Waals surface area (Å²) in [5, 5.41) is 3.30. The average molecular weight is 312 g/mol. The van der Waals surface area contributed by atoms with Crippen LogP contribution in [-0.2, 0) is 10.2 Å². The minimum absolute atomic E-state index is 0.0583. The molecule has 0 heterocycles. The van der Waals surface area contributed by atoms with Crippen molar-refractivity contribution >= 4 is 5.91 Å². The Morgan fingerprint density at radius 2 is 1.83 bits per heavy atom. The zero-order chi connectivity index (χ0) is 15.9. The zero-order valence-electron chi connectivity index (χ0n) is 13.8. The fourth-order valence-corrected chi connectivity index (χ4v) is 5.51. The van der Waals surface area contributed by atoms with Gasteiger partial charge in [-0.3, -0.25) is 4.79 Å². The van der Waals surface area contributed by atoms with E-state index in [1.165, 1.54) is 50.5 Å². The van der Waals surface area contributed by atoms with Crippen molar-refractivity contribution in [2.75, 3.05) is 6.54 Å². The molecule has 3 N–H and O–H groups in total. The lowest BCUT2D eigenvalue weighted by molar-refractivity contribution is -0.127. The normalized spacial score (nSPS) is 34.7. The summed E-state index contributed by atoms with van der Waals surface area (Å²) < 4.78 is 0. The molecule has 3 aliphatic rings. The summed E-state index contributed by atoms with van der Waals surface area (Å²) >= 11 is 0. The molecule has 0 saturated heterocycles. The lowest BCUT2D eigenvalue weighted by Gasteiger charge is -2.32. The second-order valence-corrected chi connectivity index (χ2v) is 8.01. The summed E-state index contributed by atoms with van der Waals surface area (Å²) in [6, 6.07) is 10.8. The molecule has 124 valence electrons. The quantitative estimate of drug-likeness (QED) is 0.898. The van der Waals surface area contributed by atoms with Gasteiger partial charge in [0.25, 0.3) is 0 Å². The number of carbonyl (C=O) groups excluding carboxylic acids is 1. The van der Waals surface area contributed by atoms with E-state index in [-0.39, 0.29) is 23.3 Å². The number of carbonyl (C=O) groups is 1. The van der Waals surface area contributed by atoms with E-state index in [1.54, 1.807) is 0 Å². The third-order valence-electron chi connectivity index (χ3n) is 6.83. The molecule has 3 saturated carbocycles. The van der Waals surface area contributed by atoms with E-state index in [1.807, 2.05) is 0 Å². The lowest BCUT2D eigenvalue weighted by atomic mass is 9.78. The van der Waals surface area contributed by atoms with Gasteiger partial charge in [-0.2, -0.15) is 0 Å². The number of fused-ring (bicyclic) bond motifs is 2. The van der Waals surface area contributed by atoms with Crippen molar-refractivity contribution in [3.63, 3.8) is 0 Å². The largest absolute Gasteiger partial charge is 0.355 e. The second-order valence-electron chi connectivity index (χ2n) is 8.01. The van der Waals surface area contributed by atoms with Crippen molar-refractivity contribution in [1.82, 2.24) is 5.32 Å². The predicted octanol–water partition coefficient (Wildman–Crippen LogP) is 2.99. The molecule has 1 aromatic carbocycles. The van der Waals surface area contributed by atoms with Crippen LogP contribution >= 0.6 is 0 Å². The number of nitrogens with two attached hydrogens (primary N) is 1. The van der Waals surface area contributed by atoms with Gasteiger partial charge < -0.3 is 11.1 Å². The van der Waals surface area contributed by atoms with Crippen LogP contribution in [0.3, 0.4) is 0 Å². The molecule has 0 spiro atoms. The van der Waals surface area contributed by atoms with Crippen LogP contribution in [0.5, 0.6) is 0 Å². The maximum absolute atomic E-state index is 12.8. The molecular weight excluding hydrogens is 284 g/mol. The van der Waals surface area contributed by atoms with Crippen LogP contribution in [0.25, 0.3) is 0 Å². The molecule has 1 amide bonds. The van der Waals surface area contributed by atoms with Gasteiger partial charge in [0.1, 0.15) is 0 Å². The Hall–Kier alpha value is -1.35. The van der Waals surface area contributed by atoms with Crippen LogP contribution in [0, 0.1) is 17.8 Å². The highest BCUT2D eigenvalue weighted by Gasteiger charge is 2.49. The molecule has 3 nitrogen and oxygen atoms in total. The molecule has 4 rings (SSSR count). The van der Waals surface area contributed by atoms with Gasteiger partial charge in [-0.25, -0.2) is 0 Å². The fourth-order valence-electron chi connectivity index (χ4n) is 5.51. The molecule has 23 heavy (non-hydrogen) atoms. The topological polar surface area (TPSA) is 55.1 Å². The van der Waals surface area contributed by atoms with Crippen LogP contribution in [0.2, 0.25) is 0 Å². The molecule has 1 aromatic rings. The van der Waals surface area contributed by atoms with E-state index in [0.29, 0.717) is 11.8 Å². The van der Waals surface area contributed by atoms with Crippen LogP contribution in [0.15, 0.2) is 30.3 Å². The Bertz CT molecular complexity index is 562. The smallest absolute Gasteiger partial charge is 0.224 e. The maximum atomic E-state index is 12.8. The Kier molecular flexibility index (Phi) is 3.92. The minimum Gasteiger partial charge on any atom is -0.355 e. The molecule has 4 atom stereocenters. The van der Waals surface area contributed by atoms with Crippen LogP contribution in [0.1, 0.15) is 50.5 Å². The Morgan fingerprint density at radius 3 is 2.48 bits per heavy atom. The Labute approximate surface area is 139 Å². The highest BCUT2D eigenvalue weighted by Crippen LogP contribution is 2.48. The molecule has 0 radical (unpaired) electrons. The molecule has 3 fully saturated rings. The molecule has 0 aliphatic heterocycles. The summed E-state index contributed by atoms with van der Waals surface area (Å²) in [6.07, 6.45) is 8.48. The third-order valence-corrected chi connectivity index (χ3v) is 6.83. The summed E-state index contributed by atoms with van der Waals surface area (Å²) in [7, 11) is 0. The van der Waals surface area contributed by atoms with Gasteiger partial charge in [0.05, 0.1) is 5.92 Å². The van der Waals surface area contributed by atoms with E-state index in [9.17, 15) is 4.79 Å². The summed E-state index contributed by atoms with van der Waals surface area (Å²) in [4.78, 5) is 12.8. The first kappa shape index (κ1) is 15.2. The fraction of sp³-hybridized carbons (Fsp3) is 0.650. The van der Waals surface area contributed by atoms with E-state index < -0.39 is 0 Å². The molecule has 0 aromatic heterocycles. The SMILES string of the molecule is NC1C2CCC(C2)C1C(=O)NCC1(c2ccccc2)CCCC1. The number of amides is 1. The number of hydrogen-bond acceptors (Lipinski definition) is 2. The monoisotopic (exact) mass is 312 g/mol. The summed E-state index contributed by atoms with van der Waals surface area (Å²) in [6.45, 7) is 0.774. The Balaban J connectivity index is 1.46. The standard InChI is InChI=1S/C20H28N2O/c21-18-15-9-8-14(12-15)17(18)19(23)22-13-20(10-4-5-11-20)16-6-2-1-3-7-16/h1-3,6-7,14-15,17-18H,4-5,8-13,21H2,(H,22,23). The number of rotatable bonds is 4. The van der Waals surface area contributed by atoms with Gasteiger partial charge in [-0.1, -0.05) is 43.2 Å². The van der Waals surface area contributed by atoms with Crippen LogP contribution in [-0.4, -0.2) is 18.5 Å². The first-order chi connectivity index (χ1) is 11.2. The zero-order valence-corrected chi connectivity index (χ0v) is 13.8. The van der Waals surface area contributed by atoms with E-state index in [2.05, 4.69) is 35.6 Å². The van der Waals surface area contributed by atoms with Crippen molar-refractivity contribution in [3.8, 4) is 0 Å². The molecule has 3 heteroatoms. The van der Waals surface area contributed by atoms with Crippen molar-refractivity contribution in [3.05, 3.63) is 35.9 Å². The van der Waals surface area contributed by atoms with Gasteiger partial charge in [0, 0.05) is 18.0 Å². The van der Waals surface area contributed by atoms with Crippen molar-refractivity contribution in [2.24, 2.45) is 23.5 Å². The molecular formula is C20H28N2O. The molecule has 4 unspecified atom stereocenters. The van der Waals surface area contributed by atoms with Gasteiger partial charge in [0.2, 0.25) is 5.91 Å². The van der Waals surface area contributed by atoms with Crippen LogP contribution < -0.4 is 11.1 Å².